The van der Waals surface area contributed by atoms with Crippen LogP contribution >= 0.6 is 7.82 Å². The molecule has 378 valence electrons. The third-order valence-corrected chi connectivity index (χ3v) is 12.9. The molecular formula is C54H105NO8P+. The fraction of sp³-hybridized carbons (Fsp3) is 0.889. The molecule has 0 aromatic carbocycles. The number of phosphoric ester groups is 1. The summed E-state index contributed by atoms with van der Waals surface area (Å²) in [6.07, 6.45) is 53.9. The van der Waals surface area contributed by atoms with Crippen molar-refractivity contribution in [2.45, 2.75) is 264 Å². The Balaban J connectivity index is 4.23. The molecule has 2 atom stereocenters. The van der Waals surface area contributed by atoms with Gasteiger partial charge in [-0.2, -0.15) is 0 Å². The molecule has 64 heavy (non-hydrogen) atoms. The summed E-state index contributed by atoms with van der Waals surface area (Å²) in [6.45, 7) is 4.43. The summed E-state index contributed by atoms with van der Waals surface area (Å²) in [4.78, 5) is 35.5. The molecule has 0 amide bonds. The van der Waals surface area contributed by atoms with Crippen LogP contribution in [0.4, 0.5) is 0 Å². The molecule has 0 fully saturated rings. The molecule has 0 aliphatic heterocycles. The molecule has 0 aliphatic rings. The third-order valence-electron chi connectivity index (χ3n) is 12.0. The van der Waals surface area contributed by atoms with Gasteiger partial charge in [0.25, 0.3) is 0 Å². The van der Waals surface area contributed by atoms with Crippen LogP contribution in [-0.2, 0) is 32.7 Å². The van der Waals surface area contributed by atoms with Crippen molar-refractivity contribution in [2.24, 2.45) is 0 Å². The molecule has 0 rings (SSSR count). The van der Waals surface area contributed by atoms with Gasteiger partial charge >= 0.3 is 19.8 Å². The Kier molecular flexibility index (Phi) is 45.5. The van der Waals surface area contributed by atoms with Crippen molar-refractivity contribution in [3.05, 3.63) is 24.3 Å². The highest BCUT2D eigenvalue weighted by Crippen LogP contribution is 2.43. The van der Waals surface area contributed by atoms with Crippen molar-refractivity contribution in [3.63, 3.8) is 0 Å². The lowest BCUT2D eigenvalue weighted by Crippen LogP contribution is -2.37. The summed E-state index contributed by atoms with van der Waals surface area (Å²) in [6, 6.07) is 0. The van der Waals surface area contributed by atoms with E-state index in [2.05, 4.69) is 38.2 Å². The van der Waals surface area contributed by atoms with Crippen molar-refractivity contribution in [1.29, 1.82) is 0 Å². The van der Waals surface area contributed by atoms with Gasteiger partial charge in [-0.1, -0.05) is 224 Å². The summed E-state index contributed by atoms with van der Waals surface area (Å²) < 4.78 is 34.4. The minimum Gasteiger partial charge on any atom is -0.462 e. The standard InChI is InChI=1S/C54H104NO8P/c1-6-8-10-12-14-16-18-20-22-24-25-26-27-28-29-31-32-34-36-38-40-42-44-46-53(56)60-50-52(51-62-64(58,59)61-49-48-55(3,4)5)63-54(57)47-45-43-41-39-37-35-33-30-23-21-19-17-15-13-11-9-7-2/h31-32,38,40,52H,6-30,33-37,39,41-51H2,1-5H3/p+1/b32-31+,40-38+/t52-/m0/s1. The van der Waals surface area contributed by atoms with Crippen molar-refractivity contribution < 1.29 is 42.1 Å². The van der Waals surface area contributed by atoms with Crippen LogP contribution in [0.25, 0.3) is 0 Å². The number of carbonyl (C=O) groups excluding carboxylic acids is 2. The maximum Gasteiger partial charge on any atom is 0.472 e. The first-order chi connectivity index (χ1) is 31.0. The van der Waals surface area contributed by atoms with Crippen LogP contribution in [0.3, 0.4) is 0 Å². The monoisotopic (exact) mass is 927 g/mol. The second-order valence-electron chi connectivity index (χ2n) is 19.6. The summed E-state index contributed by atoms with van der Waals surface area (Å²) in [5, 5.41) is 0. The van der Waals surface area contributed by atoms with Crippen LogP contribution in [-0.4, -0.2) is 74.9 Å². The molecule has 10 heteroatoms. The highest BCUT2D eigenvalue weighted by molar-refractivity contribution is 7.47. The number of ether oxygens (including phenoxy) is 2. The summed E-state index contributed by atoms with van der Waals surface area (Å²) in [7, 11) is 1.47. The molecule has 1 unspecified atom stereocenters. The molecule has 9 nitrogen and oxygen atoms in total. The second-order valence-corrected chi connectivity index (χ2v) is 21.1. The van der Waals surface area contributed by atoms with Gasteiger partial charge in [0, 0.05) is 12.8 Å². The number of esters is 2. The fourth-order valence-corrected chi connectivity index (χ4v) is 8.48. The number of quaternary nitrogens is 1. The first-order valence-electron chi connectivity index (χ1n) is 27.1. The molecule has 0 aromatic rings. The van der Waals surface area contributed by atoms with Crippen LogP contribution < -0.4 is 0 Å². The Labute approximate surface area is 396 Å². The van der Waals surface area contributed by atoms with Gasteiger partial charge in [-0.15, -0.1) is 0 Å². The topological polar surface area (TPSA) is 108 Å². The quantitative estimate of drug-likeness (QED) is 0.0211. The summed E-state index contributed by atoms with van der Waals surface area (Å²) in [5.41, 5.74) is 0. The number of carbonyl (C=O) groups is 2. The van der Waals surface area contributed by atoms with Gasteiger partial charge in [0.15, 0.2) is 6.10 Å². The first kappa shape index (κ1) is 62.5. The lowest BCUT2D eigenvalue weighted by Gasteiger charge is -2.24. The Hall–Kier alpha value is -1.51. The van der Waals surface area contributed by atoms with Gasteiger partial charge in [0.05, 0.1) is 27.7 Å². The van der Waals surface area contributed by atoms with E-state index in [9.17, 15) is 19.0 Å². The fourth-order valence-electron chi connectivity index (χ4n) is 7.74. The third kappa shape index (κ3) is 49.9. The second kappa shape index (κ2) is 46.6. The zero-order valence-electron chi connectivity index (χ0n) is 42.8. The van der Waals surface area contributed by atoms with Crippen LogP contribution in [0.5, 0.6) is 0 Å². The van der Waals surface area contributed by atoms with E-state index in [-0.39, 0.29) is 26.1 Å². The normalized spacial score (nSPS) is 13.5. The van der Waals surface area contributed by atoms with E-state index in [1.165, 1.54) is 186 Å². The summed E-state index contributed by atoms with van der Waals surface area (Å²) in [5.74, 6) is -0.834. The predicted molar refractivity (Wildman–Crippen MR) is 271 cm³/mol. The average molecular weight is 927 g/mol. The lowest BCUT2D eigenvalue weighted by atomic mass is 10.0. The molecule has 0 saturated carbocycles. The van der Waals surface area contributed by atoms with Gasteiger partial charge in [-0.05, 0) is 44.9 Å². The number of rotatable bonds is 50. The molecule has 1 N–H and O–H groups in total. The van der Waals surface area contributed by atoms with Crippen LogP contribution in [0.15, 0.2) is 24.3 Å². The van der Waals surface area contributed by atoms with Gasteiger partial charge in [-0.25, -0.2) is 4.57 Å². The van der Waals surface area contributed by atoms with Gasteiger partial charge < -0.3 is 18.9 Å². The number of allylic oxidation sites excluding steroid dienone is 4. The zero-order valence-corrected chi connectivity index (χ0v) is 43.7. The van der Waals surface area contributed by atoms with Crippen molar-refractivity contribution in [3.8, 4) is 0 Å². The van der Waals surface area contributed by atoms with E-state index in [1.807, 2.05) is 21.1 Å². The average Bonchev–Trinajstić information content (AvgIpc) is 3.25. The maximum atomic E-state index is 12.8. The molecule has 0 aromatic heterocycles. The van der Waals surface area contributed by atoms with Gasteiger partial charge in [0.1, 0.15) is 19.8 Å². The van der Waals surface area contributed by atoms with Crippen molar-refractivity contribution in [1.82, 2.24) is 0 Å². The van der Waals surface area contributed by atoms with Crippen molar-refractivity contribution in [2.75, 3.05) is 47.5 Å². The van der Waals surface area contributed by atoms with Crippen LogP contribution in [0, 0.1) is 0 Å². The zero-order chi connectivity index (χ0) is 47.1. The van der Waals surface area contributed by atoms with Gasteiger partial charge in [0.2, 0.25) is 0 Å². The minimum atomic E-state index is -4.39. The molecule has 0 aliphatic carbocycles. The van der Waals surface area contributed by atoms with Crippen molar-refractivity contribution >= 4 is 19.8 Å². The minimum absolute atomic E-state index is 0.0285. The van der Waals surface area contributed by atoms with Gasteiger partial charge in [-0.3, -0.25) is 18.6 Å². The first-order valence-corrected chi connectivity index (χ1v) is 28.6. The molecule has 0 bridgehead atoms. The summed E-state index contributed by atoms with van der Waals surface area (Å²) >= 11 is 0. The van der Waals surface area contributed by atoms with Crippen LogP contribution in [0.1, 0.15) is 258 Å². The molecular weight excluding hydrogens is 822 g/mol. The number of nitrogens with zero attached hydrogens (tertiary/aromatic N) is 1. The molecule has 0 saturated heterocycles. The number of unbranched alkanes of at least 4 members (excludes halogenated alkanes) is 32. The maximum absolute atomic E-state index is 12.8. The number of hydrogen-bond acceptors (Lipinski definition) is 7. The Morgan fingerprint density at radius 3 is 1.25 bits per heavy atom. The van der Waals surface area contributed by atoms with E-state index in [0.717, 1.165) is 32.1 Å². The number of hydrogen-bond donors (Lipinski definition) is 1. The smallest absolute Gasteiger partial charge is 0.462 e. The number of likely N-dealkylation sites (N-methyl/N-ethyl adjacent to an activating group) is 1. The van der Waals surface area contributed by atoms with Crippen LogP contribution in [0.2, 0.25) is 0 Å². The van der Waals surface area contributed by atoms with E-state index in [4.69, 9.17) is 18.5 Å². The Morgan fingerprint density at radius 1 is 0.469 bits per heavy atom. The molecule has 0 radical (unpaired) electrons. The Morgan fingerprint density at radius 2 is 0.828 bits per heavy atom. The van der Waals surface area contributed by atoms with E-state index in [1.54, 1.807) is 0 Å². The molecule has 0 heterocycles. The largest absolute Gasteiger partial charge is 0.472 e. The van der Waals surface area contributed by atoms with E-state index in [0.29, 0.717) is 23.9 Å². The SMILES string of the molecule is CCCCCCCCCCCCCCCC/C=C/CC/C=C/CCCC(=O)OC[C@@H](COP(=O)(O)OCC[N+](C)(C)C)OC(=O)CCCCCCCCCCCCCCCCCCC. The Bertz CT molecular complexity index is 1140. The predicted octanol–water partition coefficient (Wildman–Crippen LogP) is 16.3. The van der Waals surface area contributed by atoms with E-state index < -0.39 is 32.5 Å². The molecule has 0 spiro atoms. The highest BCUT2D eigenvalue weighted by atomic mass is 31.2. The number of phosphoric acid groups is 1. The highest BCUT2D eigenvalue weighted by Gasteiger charge is 2.27. The van der Waals surface area contributed by atoms with E-state index >= 15 is 0 Å². The lowest BCUT2D eigenvalue weighted by molar-refractivity contribution is -0.870.